The first-order chi connectivity index (χ1) is 9.21. The van der Waals surface area contributed by atoms with Crippen molar-refractivity contribution in [3.05, 3.63) is 17.6 Å². The minimum Gasteiger partial charge on any atom is -0.370 e. The lowest BCUT2D eigenvalue weighted by Gasteiger charge is -2.31. The van der Waals surface area contributed by atoms with E-state index < -0.39 is 0 Å². The van der Waals surface area contributed by atoms with Crippen molar-refractivity contribution in [2.24, 2.45) is 5.92 Å². The van der Waals surface area contributed by atoms with Gasteiger partial charge in [-0.25, -0.2) is 9.97 Å². The zero-order valence-corrected chi connectivity index (χ0v) is 12.4. The van der Waals surface area contributed by atoms with Gasteiger partial charge in [0.1, 0.15) is 11.6 Å². The average molecular weight is 262 g/mol. The second kappa shape index (κ2) is 6.85. The lowest BCUT2D eigenvalue weighted by molar-refractivity contribution is 0.175. The molecule has 0 spiro atoms. The van der Waals surface area contributed by atoms with Crippen LogP contribution >= 0.6 is 0 Å². The summed E-state index contributed by atoms with van der Waals surface area (Å²) < 4.78 is 0. The van der Waals surface area contributed by atoms with Gasteiger partial charge in [-0.3, -0.25) is 4.90 Å². The van der Waals surface area contributed by atoms with Crippen LogP contribution < -0.4 is 5.32 Å². The van der Waals surface area contributed by atoms with Crippen LogP contribution in [0.5, 0.6) is 0 Å². The summed E-state index contributed by atoms with van der Waals surface area (Å²) in [4.78, 5) is 11.6. The molecular weight excluding hydrogens is 236 g/mol. The van der Waals surface area contributed by atoms with Crippen LogP contribution in [0.15, 0.2) is 6.07 Å². The smallest absolute Gasteiger partial charge is 0.144 e. The number of rotatable bonds is 7. The first kappa shape index (κ1) is 14.3. The molecule has 0 bridgehead atoms. The standard InChI is InChI=1S/C15H26N4/c1-4-16-14-9-12(3)17-15(18-14)11-19(5-2)10-13-7-6-8-13/h9,13H,4-8,10-11H2,1-3H3,(H,16,17,18). The van der Waals surface area contributed by atoms with E-state index in [0.29, 0.717) is 0 Å². The van der Waals surface area contributed by atoms with Gasteiger partial charge in [0, 0.05) is 24.8 Å². The van der Waals surface area contributed by atoms with Crippen LogP contribution in [0.3, 0.4) is 0 Å². The van der Waals surface area contributed by atoms with E-state index in [9.17, 15) is 0 Å². The first-order valence-corrected chi connectivity index (χ1v) is 7.52. The molecule has 1 saturated carbocycles. The molecule has 0 unspecified atom stereocenters. The van der Waals surface area contributed by atoms with Gasteiger partial charge >= 0.3 is 0 Å². The van der Waals surface area contributed by atoms with Gasteiger partial charge < -0.3 is 5.32 Å². The Morgan fingerprint density at radius 3 is 2.68 bits per heavy atom. The third kappa shape index (κ3) is 4.16. The second-order valence-corrected chi connectivity index (χ2v) is 5.47. The van der Waals surface area contributed by atoms with Crippen LogP contribution in [0.1, 0.15) is 44.6 Å². The normalized spacial score (nSPS) is 15.6. The van der Waals surface area contributed by atoms with Gasteiger partial charge in [-0.2, -0.15) is 0 Å². The summed E-state index contributed by atoms with van der Waals surface area (Å²) in [5.74, 6) is 2.79. The summed E-state index contributed by atoms with van der Waals surface area (Å²) in [6.07, 6.45) is 4.20. The summed E-state index contributed by atoms with van der Waals surface area (Å²) in [6.45, 7) is 10.4. The Balaban J connectivity index is 1.98. The number of hydrogen-bond acceptors (Lipinski definition) is 4. The van der Waals surface area contributed by atoms with Gasteiger partial charge in [-0.05, 0) is 39.2 Å². The maximum absolute atomic E-state index is 4.60. The Kier molecular flexibility index (Phi) is 5.14. The van der Waals surface area contributed by atoms with Gasteiger partial charge in [0.2, 0.25) is 0 Å². The highest BCUT2D eigenvalue weighted by Gasteiger charge is 2.20. The molecule has 0 radical (unpaired) electrons. The van der Waals surface area contributed by atoms with E-state index in [1.807, 2.05) is 13.0 Å². The number of hydrogen-bond donors (Lipinski definition) is 1. The molecule has 0 atom stereocenters. The molecule has 1 N–H and O–H groups in total. The van der Waals surface area contributed by atoms with Gasteiger partial charge in [0.15, 0.2) is 0 Å². The van der Waals surface area contributed by atoms with Gasteiger partial charge in [-0.15, -0.1) is 0 Å². The lowest BCUT2D eigenvalue weighted by atomic mass is 9.85. The Labute approximate surface area is 116 Å². The number of aryl methyl sites for hydroxylation is 1. The number of nitrogens with zero attached hydrogens (tertiary/aromatic N) is 3. The van der Waals surface area contributed by atoms with Crippen LogP contribution in [-0.2, 0) is 6.54 Å². The first-order valence-electron chi connectivity index (χ1n) is 7.52. The largest absolute Gasteiger partial charge is 0.370 e. The molecule has 4 nitrogen and oxygen atoms in total. The van der Waals surface area contributed by atoms with Crippen LogP contribution in [-0.4, -0.2) is 34.5 Å². The van der Waals surface area contributed by atoms with Crippen LogP contribution in [0.25, 0.3) is 0 Å². The lowest BCUT2D eigenvalue weighted by Crippen LogP contribution is -2.32. The van der Waals surface area contributed by atoms with Gasteiger partial charge in [0.25, 0.3) is 0 Å². The highest BCUT2D eigenvalue weighted by molar-refractivity contribution is 5.35. The molecule has 0 aromatic carbocycles. The zero-order valence-electron chi connectivity index (χ0n) is 12.4. The van der Waals surface area contributed by atoms with Crippen molar-refractivity contribution in [2.75, 3.05) is 25.0 Å². The molecule has 1 heterocycles. The second-order valence-electron chi connectivity index (χ2n) is 5.47. The average Bonchev–Trinajstić information content (AvgIpc) is 2.31. The minimum atomic E-state index is 0.868. The summed E-state index contributed by atoms with van der Waals surface area (Å²) in [7, 11) is 0. The Morgan fingerprint density at radius 1 is 1.32 bits per heavy atom. The molecular formula is C15H26N4. The topological polar surface area (TPSA) is 41.1 Å². The fourth-order valence-corrected chi connectivity index (χ4v) is 2.52. The summed E-state index contributed by atoms with van der Waals surface area (Å²) in [6, 6.07) is 2.01. The van der Waals surface area contributed by atoms with Crippen LogP contribution in [0.2, 0.25) is 0 Å². The zero-order chi connectivity index (χ0) is 13.7. The van der Waals surface area contributed by atoms with E-state index in [1.54, 1.807) is 0 Å². The molecule has 0 amide bonds. The Morgan fingerprint density at radius 2 is 2.11 bits per heavy atom. The van der Waals surface area contributed by atoms with Crippen molar-refractivity contribution in [2.45, 2.75) is 46.6 Å². The quantitative estimate of drug-likeness (QED) is 0.820. The minimum absolute atomic E-state index is 0.868. The van der Waals surface area contributed by atoms with Crippen LogP contribution in [0, 0.1) is 12.8 Å². The SMILES string of the molecule is CCNc1cc(C)nc(CN(CC)CC2CCC2)n1. The van der Waals surface area contributed by atoms with E-state index in [-0.39, 0.29) is 0 Å². The van der Waals surface area contributed by atoms with Crippen molar-refractivity contribution < 1.29 is 0 Å². The summed E-state index contributed by atoms with van der Waals surface area (Å²) in [5.41, 5.74) is 1.04. The molecule has 0 aliphatic heterocycles. The van der Waals surface area contributed by atoms with Crippen molar-refractivity contribution in [3.8, 4) is 0 Å². The fraction of sp³-hybridized carbons (Fsp3) is 0.733. The molecule has 2 rings (SSSR count). The number of aromatic nitrogens is 2. The fourth-order valence-electron chi connectivity index (χ4n) is 2.52. The van der Waals surface area contributed by atoms with E-state index in [1.165, 1.54) is 25.8 Å². The van der Waals surface area contributed by atoms with Gasteiger partial charge in [-0.1, -0.05) is 13.3 Å². The van der Waals surface area contributed by atoms with E-state index in [4.69, 9.17) is 0 Å². The van der Waals surface area contributed by atoms with Crippen molar-refractivity contribution in [1.82, 2.24) is 14.9 Å². The van der Waals surface area contributed by atoms with Crippen molar-refractivity contribution in [3.63, 3.8) is 0 Å². The molecule has 19 heavy (non-hydrogen) atoms. The predicted molar refractivity (Wildman–Crippen MR) is 79.2 cm³/mol. The number of anilines is 1. The molecule has 1 aromatic rings. The highest BCUT2D eigenvalue weighted by Crippen LogP contribution is 2.27. The predicted octanol–water partition coefficient (Wildman–Crippen LogP) is 2.84. The molecule has 4 heteroatoms. The maximum atomic E-state index is 4.60. The Hall–Kier alpha value is -1.16. The third-order valence-corrected chi connectivity index (χ3v) is 3.81. The summed E-state index contributed by atoms with van der Waals surface area (Å²) >= 11 is 0. The van der Waals surface area contributed by atoms with Crippen molar-refractivity contribution in [1.29, 1.82) is 0 Å². The van der Waals surface area contributed by atoms with Crippen molar-refractivity contribution >= 4 is 5.82 Å². The van der Waals surface area contributed by atoms with Gasteiger partial charge in [0.05, 0.1) is 6.54 Å². The molecule has 1 aliphatic carbocycles. The van der Waals surface area contributed by atoms with Crippen LogP contribution in [0.4, 0.5) is 5.82 Å². The maximum Gasteiger partial charge on any atom is 0.144 e. The third-order valence-electron chi connectivity index (χ3n) is 3.81. The number of nitrogens with one attached hydrogen (secondary N) is 1. The molecule has 1 aromatic heterocycles. The molecule has 1 fully saturated rings. The molecule has 106 valence electrons. The Bertz CT molecular complexity index is 401. The van der Waals surface area contributed by atoms with E-state index >= 15 is 0 Å². The molecule has 1 aliphatic rings. The molecule has 0 saturated heterocycles. The summed E-state index contributed by atoms with van der Waals surface area (Å²) in [5, 5.41) is 3.27. The van der Waals surface area contributed by atoms with E-state index in [2.05, 4.69) is 34.0 Å². The monoisotopic (exact) mass is 262 g/mol. The van der Waals surface area contributed by atoms with E-state index in [0.717, 1.165) is 42.9 Å². The highest BCUT2D eigenvalue weighted by atomic mass is 15.2.